The fraction of sp³-hybridized carbons (Fsp3) is 0.520. The lowest BCUT2D eigenvalue weighted by Gasteiger charge is -2.39. The number of hydrogen-bond acceptors (Lipinski definition) is 6. The van der Waals surface area contributed by atoms with Gasteiger partial charge in [-0.2, -0.15) is 0 Å². The van der Waals surface area contributed by atoms with E-state index in [9.17, 15) is 15.2 Å². The molecule has 2 aromatic rings. The maximum atomic E-state index is 11.2. The number of nitrogens with zero attached hydrogens (tertiary/aromatic N) is 3. The molecule has 0 saturated carbocycles. The Bertz CT molecular complexity index is 877. The van der Waals surface area contributed by atoms with Crippen LogP contribution in [0, 0.1) is 10.1 Å². The number of likely N-dealkylation sites (tertiary alicyclic amines) is 1. The highest BCUT2D eigenvalue weighted by molar-refractivity contribution is 5.48. The quantitative estimate of drug-likeness (QED) is 0.438. The lowest BCUT2D eigenvalue weighted by atomic mass is 9.88. The van der Waals surface area contributed by atoms with Crippen LogP contribution >= 0.6 is 0 Å². The number of nitro groups is 1. The Balaban J connectivity index is 1.44. The lowest BCUT2D eigenvalue weighted by molar-refractivity contribution is -0.385. The summed E-state index contributed by atoms with van der Waals surface area (Å²) in [6.45, 7) is 7.18. The van der Waals surface area contributed by atoms with Crippen LogP contribution in [-0.4, -0.2) is 59.9 Å². The van der Waals surface area contributed by atoms with Gasteiger partial charge in [0.1, 0.15) is 5.75 Å². The van der Waals surface area contributed by atoms with E-state index in [4.69, 9.17) is 4.74 Å². The Morgan fingerprint density at radius 1 is 1.16 bits per heavy atom. The minimum Gasteiger partial charge on any atom is -0.491 e. The molecule has 3 rings (SSSR count). The number of aliphatic hydroxyl groups is 1. The number of hydrogen-bond donors (Lipinski definition) is 1. The molecular weight excluding hydrogens is 406 g/mol. The zero-order valence-corrected chi connectivity index (χ0v) is 19.4. The monoisotopic (exact) mass is 441 g/mol. The van der Waals surface area contributed by atoms with Gasteiger partial charge < -0.3 is 19.6 Å². The van der Waals surface area contributed by atoms with Crippen molar-refractivity contribution >= 4 is 11.4 Å². The molecule has 1 saturated heterocycles. The topological polar surface area (TPSA) is 79.1 Å². The molecular formula is C25H35N3O4. The van der Waals surface area contributed by atoms with Crippen molar-refractivity contribution in [3.05, 3.63) is 64.2 Å². The van der Waals surface area contributed by atoms with Crippen molar-refractivity contribution in [2.24, 2.45) is 0 Å². The van der Waals surface area contributed by atoms with Crippen molar-refractivity contribution in [2.45, 2.75) is 51.2 Å². The number of ether oxygens (including phenoxy) is 1. The molecule has 32 heavy (non-hydrogen) atoms. The van der Waals surface area contributed by atoms with Gasteiger partial charge in [0.15, 0.2) is 0 Å². The molecule has 1 aliphatic rings. The molecule has 0 aromatic heterocycles. The molecule has 7 heteroatoms. The van der Waals surface area contributed by atoms with E-state index in [1.54, 1.807) is 12.1 Å². The molecule has 1 fully saturated rings. The van der Waals surface area contributed by atoms with Crippen LogP contribution in [-0.2, 0) is 6.42 Å². The highest BCUT2D eigenvalue weighted by Gasteiger charge is 2.32. The summed E-state index contributed by atoms with van der Waals surface area (Å²) in [4.78, 5) is 15.3. The highest BCUT2D eigenvalue weighted by atomic mass is 16.6. The standard InChI is InChI=1S/C25H35N3O4/c1-20(2)32-23-10-8-22(9-11-23)26(3)17-13-25(29)14-18-27(19-15-25)16-12-21-6-4-5-7-24(21)28(30)31/h4-11,20,29H,12-19H2,1-3H3. The number of rotatable bonds is 10. The molecule has 2 aromatic carbocycles. The zero-order valence-electron chi connectivity index (χ0n) is 19.4. The number of benzene rings is 2. The van der Waals surface area contributed by atoms with E-state index in [1.165, 1.54) is 0 Å². The molecule has 0 radical (unpaired) electrons. The van der Waals surface area contributed by atoms with E-state index in [1.807, 2.05) is 57.3 Å². The van der Waals surface area contributed by atoms with Crippen molar-refractivity contribution in [1.29, 1.82) is 0 Å². The second-order valence-corrected chi connectivity index (χ2v) is 9.03. The van der Waals surface area contributed by atoms with E-state index in [0.29, 0.717) is 12.8 Å². The van der Waals surface area contributed by atoms with Gasteiger partial charge in [0.05, 0.1) is 16.6 Å². The van der Waals surface area contributed by atoms with Gasteiger partial charge in [-0.15, -0.1) is 0 Å². The SMILES string of the molecule is CC(C)Oc1ccc(N(C)CCC2(O)CCN(CCc3ccccc3[N+](=O)[O-])CC2)cc1. The van der Waals surface area contributed by atoms with Gasteiger partial charge in [0.2, 0.25) is 0 Å². The van der Waals surface area contributed by atoms with Gasteiger partial charge in [-0.05, 0) is 63.8 Å². The fourth-order valence-corrected chi connectivity index (χ4v) is 4.18. The van der Waals surface area contributed by atoms with Crippen LogP contribution in [0.25, 0.3) is 0 Å². The molecule has 174 valence electrons. The summed E-state index contributed by atoms with van der Waals surface area (Å²) in [6, 6.07) is 15.0. The van der Waals surface area contributed by atoms with Gasteiger partial charge >= 0.3 is 0 Å². The maximum absolute atomic E-state index is 11.2. The predicted octanol–water partition coefficient (Wildman–Crippen LogP) is 4.28. The zero-order chi connectivity index (χ0) is 23.1. The first-order valence-corrected chi connectivity index (χ1v) is 11.4. The Morgan fingerprint density at radius 2 is 1.81 bits per heavy atom. The maximum Gasteiger partial charge on any atom is 0.272 e. The molecule has 1 aliphatic heterocycles. The van der Waals surface area contributed by atoms with Crippen LogP contribution in [0.15, 0.2) is 48.5 Å². The van der Waals surface area contributed by atoms with Crippen LogP contribution in [0.2, 0.25) is 0 Å². The van der Waals surface area contributed by atoms with Gasteiger partial charge in [-0.1, -0.05) is 18.2 Å². The summed E-state index contributed by atoms with van der Waals surface area (Å²) in [5.41, 5.74) is 1.40. The minimum atomic E-state index is -0.663. The molecule has 0 spiro atoms. The van der Waals surface area contributed by atoms with Crippen LogP contribution in [0.3, 0.4) is 0 Å². The summed E-state index contributed by atoms with van der Waals surface area (Å²) in [6.07, 6.45) is 2.96. The van der Waals surface area contributed by atoms with E-state index < -0.39 is 5.60 Å². The predicted molar refractivity (Wildman–Crippen MR) is 128 cm³/mol. The molecule has 7 nitrogen and oxygen atoms in total. The Labute approximate surface area is 190 Å². The van der Waals surface area contributed by atoms with Gasteiger partial charge in [-0.25, -0.2) is 0 Å². The second kappa shape index (κ2) is 10.8. The second-order valence-electron chi connectivity index (χ2n) is 9.03. The average Bonchev–Trinajstić information content (AvgIpc) is 2.77. The number of nitro benzene ring substituents is 1. The third kappa shape index (κ3) is 6.68. The van der Waals surface area contributed by atoms with Crippen molar-refractivity contribution in [3.63, 3.8) is 0 Å². The number of para-hydroxylation sites is 1. The molecule has 1 heterocycles. The Morgan fingerprint density at radius 3 is 2.44 bits per heavy atom. The van der Waals surface area contributed by atoms with Crippen molar-refractivity contribution in [3.8, 4) is 5.75 Å². The van der Waals surface area contributed by atoms with Crippen molar-refractivity contribution in [1.82, 2.24) is 4.90 Å². The van der Waals surface area contributed by atoms with Gasteiger partial charge in [0.25, 0.3) is 5.69 Å². The summed E-state index contributed by atoms with van der Waals surface area (Å²) in [5.74, 6) is 0.865. The van der Waals surface area contributed by atoms with E-state index >= 15 is 0 Å². The first-order chi connectivity index (χ1) is 15.3. The van der Waals surface area contributed by atoms with E-state index in [0.717, 1.165) is 56.0 Å². The molecule has 0 aliphatic carbocycles. The van der Waals surface area contributed by atoms with Crippen LogP contribution in [0.5, 0.6) is 5.75 Å². The molecule has 0 amide bonds. The van der Waals surface area contributed by atoms with E-state index in [-0.39, 0.29) is 16.7 Å². The number of anilines is 1. The average molecular weight is 442 g/mol. The summed E-state index contributed by atoms with van der Waals surface area (Å²) in [7, 11) is 2.05. The first-order valence-electron chi connectivity index (χ1n) is 11.4. The number of piperidine rings is 1. The fourth-order valence-electron chi connectivity index (χ4n) is 4.18. The largest absolute Gasteiger partial charge is 0.491 e. The molecule has 0 bridgehead atoms. The van der Waals surface area contributed by atoms with Crippen LogP contribution in [0.1, 0.15) is 38.7 Å². The lowest BCUT2D eigenvalue weighted by Crippen LogP contribution is -2.46. The Hall–Kier alpha value is -2.64. The summed E-state index contributed by atoms with van der Waals surface area (Å²) in [5, 5.41) is 22.3. The molecule has 0 unspecified atom stereocenters. The minimum absolute atomic E-state index is 0.154. The summed E-state index contributed by atoms with van der Waals surface area (Å²) < 4.78 is 5.70. The van der Waals surface area contributed by atoms with E-state index in [2.05, 4.69) is 9.80 Å². The Kier molecular flexibility index (Phi) is 8.10. The normalized spacial score (nSPS) is 16.2. The summed E-state index contributed by atoms with van der Waals surface area (Å²) >= 11 is 0. The highest BCUT2D eigenvalue weighted by Crippen LogP contribution is 2.28. The molecule has 1 N–H and O–H groups in total. The third-order valence-electron chi connectivity index (χ3n) is 6.23. The van der Waals surface area contributed by atoms with Crippen molar-refractivity contribution in [2.75, 3.05) is 38.1 Å². The van der Waals surface area contributed by atoms with Gasteiger partial charge in [-0.3, -0.25) is 10.1 Å². The van der Waals surface area contributed by atoms with Crippen LogP contribution < -0.4 is 9.64 Å². The first kappa shape index (κ1) is 24.0. The van der Waals surface area contributed by atoms with Gasteiger partial charge in [0, 0.05) is 50.5 Å². The van der Waals surface area contributed by atoms with Crippen LogP contribution in [0.4, 0.5) is 11.4 Å². The third-order valence-corrected chi connectivity index (χ3v) is 6.23. The smallest absolute Gasteiger partial charge is 0.272 e. The molecule has 0 atom stereocenters. The van der Waals surface area contributed by atoms with Crippen molar-refractivity contribution < 1.29 is 14.8 Å².